The Kier molecular flexibility index (Phi) is 5.78. The van der Waals surface area contributed by atoms with Crippen LogP contribution in [0.25, 0.3) is 0 Å². The summed E-state index contributed by atoms with van der Waals surface area (Å²) in [6.07, 6.45) is 1.35. The van der Waals surface area contributed by atoms with Crippen LogP contribution in [0.2, 0.25) is 5.02 Å². The average molecular weight is 373 g/mol. The minimum atomic E-state index is -0.285. The van der Waals surface area contributed by atoms with Crippen molar-refractivity contribution in [2.45, 2.75) is 12.8 Å². The van der Waals surface area contributed by atoms with E-state index in [1.54, 1.807) is 18.2 Å². The molecule has 1 aliphatic rings. The fourth-order valence-corrected chi connectivity index (χ4v) is 3.12. The van der Waals surface area contributed by atoms with Crippen LogP contribution in [0, 0.1) is 11.8 Å². The summed E-state index contributed by atoms with van der Waals surface area (Å²) >= 11 is 6.05. The third-order valence-corrected chi connectivity index (χ3v) is 4.73. The van der Waals surface area contributed by atoms with E-state index in [0.29, 0.717) is 29.4 Å². The van der Waals surface area contributed by atoms with Gasteiger partial charge in [0.1, 0.15) is 5.75 Å². The molecule has 0 aromatic heterocycles. The van der Waals surface area contributed by atoms with Gasteiger partial charge in [-0.1, -0.05) is 41.9 Å². The van der Waals surface area contributed by atoms with Crippen molar-refractivity contribution in [1.82, 2.24) is 5.32 Å². The minimum absolute atomic E-state index is 0.0613. The van der Waals surface area contributed by atoms with Crippen LogP contribution in [0.4, 0.5) is 5.69 Å². The number of anilines is 1. The van der Waals surface area contributed by atoms with Crippen LogP contribution in [0.5, 0.6) is 5.75 Å². The van der Waals surface area contributed by atoms with E-state index in [1.807, 2.05) is 30.3 Å². The molecule has 1 saturated carbocycles. The highest BCUT2D eigenvalue weighted by Gasteiger charge is 2.47. The van der Waals surface area contributed by atoms with Gasteiger partial charge in [-0.25, -0.2) is 0 Å². The van der Waals surface area contributed by atoms with E-state index in [-0.39, 0.29) is 23.7 Å². The predicted octanol–water partition coefficient (Wildman–Crippen LogP) is 3.28. The van der Waals surface area contributed by atoms with E-state index >= 15 is 0 Å². The van der Waals surface area contributed by atoms with Gasteiger partial charge in [-0.05, 0) is 36.6 Å². The van der Waals surface area contributed by atoms with Crippen LogP contribution in [-0.2, 0) is 16.0 Å². The molecular weight excluding hydrogens is 352 g/mol. The maximum Gasteiger partial charge on any atom is 0.228 e. The van der Waals surface area contributed by atoms with E-state index in [0.717, 1.165) is 6.42 Å². The zero-order valence-electron chi connectivity index (χ0n) is 14.5. The number of halogens is 1. The molecule has 0 spiro atoms. The van der Waals surface area contributed by atoms with Crippen LogP contribution in [0.3, 0.4) is 0 Å². The molecule has 2 atom stereocenters. The topological polar surface area (TPSA) is 67.4 Å². The molecule has 0 heterocycles. The Hall–Kier alpha value is -2.53. The Morgan fingerprint density at radius 1 is 1.12 bits per heavy atom. The molecule has 2 unspecified atom stereocenters. The van der Waals surface area contributed by atoms with Crippen molar-refractivity contribution in [1.29, 1.82) is 0 Å². The molecule has 0 radical (unpaired) electrons. The van der Waals surface area contributed by atoms with Gasteiger partial charge in [0.15, 0.2) is 0 Å². The van der Waals surface area contributed by atoms with Gasteiger partial charge >= 0.3 is 0 Å². The Balaban J connectivity index is 1.44. The molecule has 2 amide bonds. The fourth-order valence-electron chi connectivity index (χ4n) is 2.86. The lowest BCUT2D eigenvalue weighted by Gasteiger charge is -2.08. The molecule has 2 N–H and O–H groups in total. The van der Waals surface area contributed by atoms with Crippen LogP contribution in [0.15, 0.2) is 48.5 Å². The van der Waals surface area contributed by atoms with Gasteiger partial charge in [0.2, 0.25) is 11.8 Å². The lowest BCUT2D eigenvalue weighted by molar-refractivity contribution is -0.125. The molecule has 0 saturated heterocycles. The van der Waals surface area contributed by atoms with E-state index in [9.17, 15) is 9.59 Å². The van der Waals surface area contributed by atoms with Crippen LogP contribution in [-0.4, -0.2) is 25.5 Å². The first-order chi connectivity index (χ1) is 12.6. The maximum absolute atomic E-state index is 12.3. The zero-order valence-corrected chi connectivity index (χ0v) is 15.3. The number of methoxy groups -OCH3 is 1. The summed E-state index contributed by atoms with van der Waals surface area (Å²) in [7, 11) is 1.53. The first-order valence-corrected chi connectivity index (χ1v) is 8.92. The highest BCUT2D eigenvalue weighted by molar-refractivity contribution is 6.32. The van der Waals surface area contributed by atoms with Gasteiger partial charge in [0.25, 0.3) is 0 Å². The SMILES string of the molecule is COc1ccc(NC(=O)C2CC2C(=O)NCCc2ccccc2)cc1Cl. The van der Waals surface area contributed by atoms with E-state index < -0.39 is 0 Å². The second-order valence-electron chi connectivity index (χ2n) is 6.31. The Bertz CT molecular complexity index is 795. The Morgan fingerprint density at radius 3 is 2.54 bits per heavy atom. The predicted molar refractivity (Wildman–Crippen MR) is 101 cm³/mol. The third-order valence-electron chi connectivity index (χ3n) is 4.44. The largest absolute Gasteiger partial charge is 0.495 e. The van der Waals surface area contributed by atoms with Gasteiger partial charge in [-0.2, -0.15) is 0 Å². The average Bonchev–Trinajstić information content (AvgIpc) is 3.44. The first kappa shape index (κ1) is 18.3. The summed E-state index contributed by atoms with van der Waals surface area (Å²) in [4.78, 5) is 24.5. The molecule has 26 heavy (non-hydrogen) atoms. The smallest absolute Gasteiger partial charge is 0.228 e. The second kappa shape index (κ2) is 8.23. The van der Waals surface area contributed by atoms with Crippen molar-refractivity contribution in [2.75, 3.05) is 19.0 Å². The van der Waals surface area contributed by atoms with E-state index in [4.69, 9.17) is 16.3 Å². The maximum atomic E-state index is 12.3. The molecule has 3 rings (SSSR count). The number of nitrogens with one attached hydrogen (secondary N) is 2. The monoisotopic (exact) mass is 372 g/mol. The number of carbonyl (C=O) groups is 2. The third kappa shape index (κ3) is 4.55. The quantitative estimate of drug-likeness (QED) is 0.783. The van der Waals surface area contributed by atoms with Crippen molar-refractivity contribution in [3.05, 3.63) is 59.1 Å². The summed E-state index contributed by atoms with van der Waals surface area (Å²) in [5.74, 6) is -0.206. The number of carbonyl (C=O) groups excluding carboxylic acids is 2. The van der Waals surface area contributed by atoms with Crippen molar-refractivity contribution >= 4 is 29.1 Å². The van der Waals surface area contributed by atoms with Crippen LogP contribution >= 0.6 is 11.6 Å². The summed E-state index contributed by atoms with van der Waals surface area (Å²) < 4.78 is 5.09. The molecule has 1 fully saturated rings. The van der Waals surface area contributed by atoms with Gasteiger partial charge in [0, 0.05) is 12.2 Å². The van der Waals surface area contributed by atoms with Crippen LogP contribution < -0.4 is 15.4 Å². The number of hydrogen-bond donors (Lipinski definition) is 2. The van der Waals surface area contributed by atoms with Crippen molar-refractivity contribution in [3.63, 3.8) is 0 Å². The number of hydrogen-bond acceptors (Lipinski definition) is 3. The molecule has 1 aliphatic carbocycles. The van der Waals surface area contributed by atoms with E-state index in [1.165, 1.54) is 12.7 Å². The summed E-state index contributed by atoms with van der Waals surface area (Å²) in [6.45, 7) is 0.571. The Morgan fingerprint density at radius 2 is 1.85 bits per heavy atom. The number of ether oxygens (including phenoxy) is 1. The van der Waals surface area contributed by atoms with E-state index in [2.05, 4.69) is 10.6 Å². The lowest BCUT2D eigenvalue weighted by Crippen LogP contribution is -2.29. The van der Waals surface area contributed by atoms with Gasteiger partial charge in [-0.3, -0.25) is 9.59 Å². The van der Waals surface area contributed by atoms with Crippen LogP contribution in [0.1, 0.15) is 12.0 Å². The summed E-state index contributed by atoms with van der Waals surface area (Å²) in [5.41, 5.74) is 1.77. The summed E-state index contributed by atoms with van der Waals surface area (Å²) in [6, 6.07) is 15.0. The molecule has 5 nitrogen and oxygen atoms in total. The molecule has 2 aromatic carbocycles. The van der Waals surface area contributed by atoms with Crippen molar-refractivity contribution in [3.8, 4) is 5.75 Å². The van der Waals surface area contributed by atoms with Gasteiger partial charge in [0.05, 0.1) is 24.0 Å². The molecule has 136 valence electrons. The molecular formula is C20H21ClN2O3. The highest BCUT2D eigenvalue weighted by Crippen LogP contribution is 2.39. The number of amides is 2. The highest BCUT2D eigenvalue weighted by atomic mass is 35.5. The number of benzene rings is 2. The summed E-state index contributed by atoms with van der Waals surface area (Å²) in [5, 5.41) is 6.14. The Labute approximate surface area is 157 Å². The normalized spacial score (nSPS) is 18.1. The molecule has 0 bridgehead atoms. The van der Waals surface area contributed by atoms with Gasteiger partial charge in [-0.15, -0.1) is 0 Å². The molecule has 6 heteroatoms. The van der Waals surface area contributed by atoms with Gasteiger partial charge < -0.3 is 15.4 Å². The minimum Gasteiger partial charge on any atom is -0.495 e. The molecule has 0 aliphatic heterocycles. The standard InChI is InChI=1S/C20H21ClN2O3/c1-26-18-8-7-14(11-17(18)21)23-20(25)16-12-15(16)19(24)22-10-9-13-5-3-2-4-6-13/h2-8,11,15-16H,9-10,12H2,1H3,(H,22,24)(H,23,25). The fraction of sp³-hybridized carbons (Fsp3) is 0.300. The second-order valence-corrected chi connectivity index (χ2v) is 6.72. The van der Waals surface area contributed by atoms with Crippen molar-refractivity contribution in [2.24, 2.45) is 11.8 Å². The number of rotatable bonds is 7. The first-order valence-electron chi connectivity index (χ1n) is 8.54. The van der Waals surface area contributed by atoms with Crippen molar-refractivity contribution < 1.29 is 14.3 Å². The zero-order chi connectivity index (χ0) is 18.5. The lowest BCUT2D eigenvalue weighted by atomic mass is 10.1. The molecule has 2 aromatic rings.